The minimum Gasteiger partial charge on any atom is -0.335 e. The van der Waals surface area contributed by atoms with Crippen LogP contribution in [0.4, 0.5) is 18.9 Å². The number of carbonyl (C=O) groups excluding carboxylic acids is 1. The summed E-state index contributed by atoms with van der Waals surface area (Å²) in [4.78, 5) is 11.9. The Labute approximate surface area is 150 Å². The number of carbonyl (C=O) groups is 1. The van der Waals surface area contributed by atoms with Crippen LogP contribution >= 0.6 is 11.8 Å². The maximum Gasteiger partial charge on any atom is 0.234 e. The summed E-state index contributed by atoms with van der Waals surface area (Å²) in [6, 6.07) is 8.62. The lowest BCUT2D eigenvalue weighted by Crippen LogP contribution is -2.16. The molecule has 0 saturated carbocycles. The number of aromatic nitrogens is 3. The van der Waals surface area contributed by atoms with Gasteiger partial charge < -0.3 is 11.2 Å². The van der Waals surface area contributed by atoms with Crippen molar-refractivity contribution < 1.29 is 18.0 Å². The highest BCUT2D eigenvalue weighted by atomic mass is 32.2. The molecule has 0 atom stereocenters. The summed E-state index contributed by atoms with van der Waals surface area (Å²) in [6.45, 7) is 0. The summed E-state index contributed by atoms with van der Waals surface area (Å²) in [5.74, 6) is 3.20. The number of nitrogens with zero attached hydrogens (tertiary/aromatic N) is 3. The smallest absolute Gasteiger partial charge is 0.234 e. The summed E-state index contributed by atoms with van der Waals surface area (Å²) < 4.78 is 41.1. The van der Waals surface area contributed by atoms with Crippen molar-refractivity contribution in [2.75, 3.05) is 16.9 Å². The first-order valence-corrected chi connectivity index (χ1v) is 8.27. The largest absolute Gasteiger partial charge is 0.335 e. The molecule has 1 amide bonds. The first-order chi connectivity index (χ1) is 12.4. The Morgan fingerprint density at radius 3 is 2.50 bits per heavy atom. The van der Waals surface area contributed by atoms with E-state index in [1.54, 1.807) is 6.07 Å². The van der Waals surface area contributed by atoms with Gasteiger partial charge in [-0.1, -0.05) is 23.9 Å². The van der Waals surface area contributed by atoms with E-state index in [0.717, 1.165) is 28.6 Å². The lowest BCUT2D eigenvalue weighted by Gasteiger charge is -2.06. The molecule has 0 spiro atoms. The molecule has 0 fully saturated rings. The first kappa shape index (κ1) is 17.8. The Hall–Kier alpha value is -3.01. The van der Waals surface area contributed by atoms with Gasteiger partial charge in [0.1, 0.15) is 17.5 Å². The molecule has 0 radical (unpaired) electrons. The number of thioether (sulfide) groups is 1. The van der Waals surface area contributed by atoms with E-state index in [2.05, 4.69) is 15.5 Å². The number of amides is 1. The Balaban J connectivity index is 1.67. The van der Waals surface area contributed by atoms with E-state index in [0.29, 0.717) is 6.07 Å². The zero-order chi connectivity index (χ0) is 18.7. The van der Waals surface area contributed by atoms with Gasteiger partial charge in [-0.05, 0) is 24.3 Å². The second-order valence-corrected chi connectivity index (χ2v) is 6.09. The second kappa shape index (κ2) is 7.48. The molecule has 0 aliphatic carbocycles. The molecule has 0 aliphatic heterocycles. The lowest BCUT2D eigenvalue weighted by atomic mass is 10.2. The van der Waals surface area contributed by atoms with Crippen LogP contribution in [0.5, 0.6) is 0 Å². The fourth-order valence-corrected chi connectivity index (χ4v) is 2.81. The summed E-state index contributed by atoms with van der Waals surface area (Å²) in [5, 5.41) is 10.2. The molecule has 26 heavy (non-hydrogen) atoms. The van der Waals surface area contributed by atoms with Gasteiger partial charge in [-0.25, -0.2) is 17.8 Å². The Kier molecular flexibility index (Phi) is 5.12. The minimum absolute atomic E-state index is 0.00522. The molecule has 3 N–H and O–H groups in total. The highest BCUT2D eigenvalue weighted by molar-refractivity contribution is 7.99. The van der Waals surface area contributed by atoms with Crippen molar-refractivity contribution in [3.8, 4) is 11.4 Å². The maximum atomic E-state index is 13.8. The van der Waals surface area contributed by atoms with Gasteiger partial charge in [0.05, 0.1) is 11.3 Å². The number of nitrogen functional groups attached to an aromatic ring is 1. The van der Waals surface area contributed by atoms with Crippen LogP contribution in [0.1, 0.15) is 0 Å². The van der Waals surface area contributed by atoms with E-state index >= 15 is 0 Å². The van der Waals surface area contributed by atoms with Crippen molar-refractivity contribution in [3.63, 3.8) is 0 Å². The zero-order valence-electron chi connectivity index (χ0n) is 13.1. The van der Waals surface area contributed by atoms with Crippen LogP contribution in [-0.2, 0) is 4.79 Å². The van der Waals surface area contributed by atoms with Crippen LogP contribution in [0.3, 0.4) is 0 Å². The SMILES string of the molecule is Nn1c(SCC(=O)Nc2cc(F)cc(F)c2)nnc1-c1ccccc1F. The van der Waals surface area contributed by atoms with E-state index in [4.69, 9.17) is 5.84 Å². The third kappa shape index (κ3) is 3.97. The molecule has 6 nitrogen and oxygen atoms in total. The lowest BCUT2D eigenvalue weighted by molar-refractivity contribution is -0.113. The molecule has 2 aromatic carbocycles. The Morgan fingerprint density at radius 1 is 1.12 bits per heavy atom. The highest BCUT2D eigenvalue weighted by Crippen LogP contribution is 2.23. The van der Waals surface area contributed by atoms with E-state index in [-0.39, 0.29) is 28.0 Å². The molecule has 0 saturated heterocycles. The van der Waals surface area contributed by atoms with Crippen molar-refractivity contribution in [1.82, 2.24) is 14.9 Å². The number of hydrogen-bond donors (Lipinski definition) is 2. The molecule has 1 heterocycles. The number of nitrogens with two attached hydrogens (primary N) is 1. The van der Waals surface area contributed by atoms with E-state index in [9.17, 15) is 18.0 Å². The summed E-state index contributed by atoms with van der Waals surface area (Å²) in [6.07, 6.45) is 0. The van der Waals surface area contributed by atoms with Crippen LogP contribution in [0.25, 0.3) is 11.4 Å². The van der Waals surface area contributed by atoms with Crippen molar-refractivity contribution in [1.29, 1.82) is 0 Å². The van der Waals surface area contributed by atoms with Crippen LogP contribution in [0.15, 0.2) is 47.6 Å². The topological polar surface area (TPSA) is 85.8 Å². The standard InChI is InChI=1S/C16H12F3N5OS/c17-9-5-10(18)7-11(6-9)21-14(25)8-26-16-23-22-15(24(16)20)12-3-1-2-4-13(12)19/h1-7H,8,20H2,(H,21,25). The Bertz CT molecular complexity index is 943. The number of halogens is 3. The number of benzene rings is 2. The summed E-state index contributed by atoms with van der Waals surface area (Å²) in [5.41, 5.74) is 0.170. The normalized spacial score (nSPS) is 10.7. The van der Waals surface area contributed by atoms with E-state index < -0.39 is 23.4 Å². The fourth-order valence-electron chi connectivity index (χ4n) is 2.15. The van der Waals surface area contributed by atoms with E-state index in [1.807, 2.05) is 0 Å². The molecule has 1 aromatic heterocycles. The predicted octanol–water partition coefficient (Wildman–Crippen LogP) is 2.81. The van der Waals surface area contributed by atoms with Crippen LogP contribution in [0, 0.1) is 17.5 Å². The van der Waals surface area contributed by atoms with Crippen molar-refractivity contribution >= 4 is 23.4 Å². The molecule has 10 heteroatoms. The second-order valence-electron chi connectivity index (χ2n) is 5.15. The van der Waals surface area contributed by atoms with Crippen molar-refractivity contribution in [2.45, 2.75) is 5.16 Å². The monoisotopic (exact) mass is 379 g/mol. The Morgan fingerprint density at radius 2 is 1.81 bits per heavy atom. The molecule has 0 aliphatic rings. The van der Waals surface area contributed by atoms with Gasteiger partial charge in [0, 0.05) is 11.8 Å². The third-order valence-corrected chi connectivity index (χ3v) is 4.20. The molecular formula is C16H12F3N5OS. The number of hydrogen-bond acceptors (Lipinski definition) is 5. The number of anilines is 1. The van der Waals surface area contributed by atoms with Crippen LogP contribution in [0.2, 0.25) is 0 Å². The molecular weight excluding hydrogens is 367 g/mol. The summed E-state index contributed by atoms with van der Waals surface area (Å²) in [7, 11) is 0. The first-order valence-electron chi connectivity index (χ1n) is 7.28. The fraction of sp³-hybridized carbons (Fsp3) is 0.0625. The van der Waals surface area contributed by atoms with Gasteiger partial charge in [0.15, 0.2) is 5.82 Å². The van der Waals surface area contributed by atoms with Crippen molar-refractivity contribution in [3.05, 3.63) is 59.9 Å². The van der Waals surface area contributed by atoms with Gasteiger partial charge in [-0.2, -0.15) is 0 Å². The average Bonchev–Trinajstić information content (AvgIpc) is 2.93. The van der Waals surface area contributed by atoms with Crippen molar-refractivity contribution in [2.24, 2.45) is 0 Å². The molecule has 3 rings (SSSR count). The van der Waals surface area contributed by atoms with Crippen LogP contribution < -0.4 is 11.2 Å². The molecule has 134 valence electrons. The molecule has 0 bridgehead atoms. The summed E-state index contributed by atoms with van der Waals surface area (Å²) >= 11 is 0.947. The zero-order valence-corrected chi connectivity index (χ0v) is 13.9. The van der Waals surface area contributed by atoms with Gasteiger partial charge in [0.25, 0.3) is 0 Å². The molecule has 3 aromatic rings. The van der Waals surface area contributed by atoms with Gasteiger partial charge in [-0.3, -0.25) is 4.79 Å². The maximum absolute atomic E-state index is 13.8. The minimum atomic E-state index is -0.802. The van der Waals surface area contributed by atoms with Crippen LogP contribution in [-0.4, -0.2) is 26.5 Å². The van der Waals surface area contributed by atoms with Gasteiger partial charge in [0.2, 0.25) is 11.1 Å². The van der Waals surface area contributed by atoms with E-state index in [1.165, 1.54) is 18.2 Å². The number of rotatable bonds is 5. The average molecular weight is 379 g/mol. The molecule has 0 unspecified atom stereocenters. The van der Waals surface area contributed by atoms with Gasteiger partial charge >= 0.3 is 0 Å². The van der Waals surface area contributed by atoms with Gasteiger partial charge in [-0.15, -0.1) is 10.2 Å². The highest BCUT2D eigenvalue weighted by Gasteiger charge is 2.16. The predicted molar refractivity (Wildman–Crippen MR) is 91.3 cm³/mol. The third-order valence-electron chi connectivity index (χ3n) is 3.26. The quantitative estimate of drug-likeness (QED) is 0.526. The number of nitrogens with one attached hydrogen (secondary N) is 1.